The molecule has 0 aliphatic carbocycles. The number of halogens is 1. The van der Waals surface area contributed by atoms with Gasteiger partial charge in [-0.15, -0.1) is 6.58 Å². The van der Waals surface area contributed by atoms with Gasteiger partial charge in [0.1, 0.15) is 0 Å². The predicted octanol–water partition coefficient (Wildman–Crippen LogP) is 3.02. The molecule has 112 valence electrons. The Labute approximate surface area is 135 Å². The second kappa shape index (κ2) is 5.90. The topological polar surface area (TPSA) is 52.2 Å². The smallest absolute Gasteiger partial charge is 0.315 e. The van der Waals surface area contributed by atoms with Gasteiger partial charge in [0.05, 0.1) is 10.2 Å². The summed E-state index contributed by atoms with van der Waals surface area (Å²) in [7, 11) is 1.76. The first-order chi connectivity index (χ1) is 10.6. The molecule has 0 fully saturated rings. The molecular formula is C15H13ClN4OS. The van der Waals surface area contributed by atoms with Gasteiger partial charge in [0.2, 0.25) is 5.82 Å². The number of aromatic nitrogens is 3. The summed E-state index contributed by atoms with van der Waals surface area (Å²) in [5.41, 5.74) is 0.973. The highest BCUT2D eigenvalue weighted by molar-refractivity contribution is 7.16. The number of fused-ring (bicyclic) bond motifs is 1. The Kier molecular flexibility index (Phi) is 3.96. The van der Waals surface area contributed by atoms with E-state index in [2.05, 4.69) is 16.6 Å². The molecule has 3 rings (SSSR count). The number of rotatable bonds is 3. The Bertz CT molecular complexity index is 935. The van der Waals surface area contributed by atoms with Gasteiger partial charge in [-0.1, -0.05) is 29.0 Å². The molecule has 5 nitrogen and oxygen atoms in total. The minimum absolute atomic E-state index is 0.306. The number of hydrogen-bond donors (Lipinski definition) is 0. The fourth-order valence-corrected chi connectivity index (χ4v) is 3.46. The highest BCUT2D eigenvalue weighted by atomic mass is 35.5. The van der Waals surface area contributed by atoms with Crippen LogP contribution < -0.4 is 4.80 Å². The van der Waals surface area contributed by atoms with Gasteiger partial charge in [-0.3, -0.25) is 4.79 Å². The van der Waals surface area contributed by atoms with Crippen molar-refractivity contribution < 1.29 is 4.79 Å². The fourth-order valence-electron chi connectivity index (χ4n) is 2.15. The van der Waals surface area contributed by atoms with E-state index in [1.54, 1.807) is 30.1 Å². The molecule has 0 aliphatic heterocycles. The SMILES string of the molecule is C=CCn1c(=NC(=O)c2nccn2C)sc2cc(Cl)ccc21. The number of carbonyl (C=O) groups excluding carboxylic acids is 1. The Morgan fingerprint density at radius 1 is 1.55 bits per heavy atom. The molecule has 0 saturated heterocycles. The molecule has 0 bridgehead atoms. The third-order valence-electron chi connectivity index (χ3n) is 3.17. The minimum Gasteiger partial charge on any atom is -0.330 e. The molecule has 0 atom stereocenters. The number of thiazole rings is 1. The van der Waals surface area contributed by atoms with Crippen LogP contribution in [0.25, 0.3) is 10.2 Å². The van der Waals surface area contributed by atoms with Crippen molar-refractivity contribution in [1.82, 2.24) is 14.1 Å². The normalized spacial score (nSPS) is 12.0. The molecule has 1 amide bonds. The van der Waals surface area contributed by atoms with Gasteiger partial charge in [0.15, 0.2) is 4.80 Å². The van der Waals surface area contributed by atoms with E-state index in [4.69, 9.17) is 11.6 Å². The van der Waals surface area contributed by atoms with Crippen molar-refractivity contribution in [2.75, 3.05) is 0 Å². The van der Waals surface area contributed by atoms with Gasteiger partial charge in [0, 0.05) is 31.0 Å². The molecule has 3 aromatic rings. The summed E-state index contributed by atoms with van der Waals surface area (Å²) < 4.78 is 4.55. The number of carbonyl (C=O) groups is 1. The van der Waals surface area contributed by atoms with Crippen LogP contribution in [0.15, 0.2) is 48.2 Å². The van der Waals surface area contributed by atoms with Crippen LogP contribution >= 0.6 is 22.9 Å². The van der Waals surface area contributed by atoms with Crippen LogP contribution in [0.3, 0.4) is 0 Å². The van der Waals surface area contributed by atoms with Crippen LogP contribution in [0, 0.1) is 0 Å². The molecule has 0 radical (unpaired) electrons. The minimum atomic E-state index is -0.372. The van der Waals surface area contributed by atoms with E-state index in [9.17, 15) is 4.79 Å². The maximum atomic E-state index is 12.3. The third-order valence-corrected chi connectivity index (χ3v) is 4.44. The highest BCUT2D eigenvalue weighted by Gasteiger charge is 2.12. The molecule has 2 heterocycles. The van der Waals surface area contributed by atoms with E-state index in [-0.39, 0.29) is 5.91 Å². The van der Waals surface area contributed by atoms with Gasteiger partial charge in [-0.05, 0) is 18.2 Å². The number of aryl methyl sites for hydroxylation is 1. The van der Waals surface area contributed by atoms with Gasteiger partial charge < -0.3 is 9.13 Å². The van der Waals surface area contributed by atoms with Crippen molar-refractivity contribution in [3.8, 4) is 0 Å². The van der Waals surface area contributed by atoms with Crippen molar-refractivity contribution >= 4 is 39.1 Å². The van der Waals surface area contributed by atoms with Gasteiger partial charge in [0.25, 0.3) is 0 Å². The maximum Gasteiger partial charge on any atom is 0.315 e. The van der Waals surface area contributed by atoms with Crippen LogP contribution in [0.1, 0.15) is 10.6 Å². The number of benzene rings is 1. The zero-order chi connectivity index (χ0) is 15.7. The lowest BCUT2D eigenvalue weighted by atomic mass is 10.3. The number of allylic oxidation sites excluding steroid dienone is 1. The van der Waals surface area contributed by atoms with Crippen molar-refractivity contribution in [2.45, 2.75) is 6.54 Å². The first kappa shape index (κ1) is 14.7. The largest absolute Gasteiger partial charge is 0.330 e. The monoisotopic (exact) mass is 332 g/mol. The van der Waals surface area contributed by atoms with Gasteiger partial charge >= 0.3 is 5.91 Å². The van der Waals surface area contributed by atoms with E-state index >= 15 is 0 Å². The molecule has 0 saturated carbocycles. The van der Waals surface area contributed by atoms with Crippen molar-refractivity contribution in [1.29, 1.82) is 0 Å². The summed E-state index contributed by atoms with van der Waals surface area (Å²) in [6.07, 6.45) is 5.06. The van der Waals surface area contributed by atoms with E-state index in [0.717, 1.165) is 10.2 Å². The summed E-state index contributed by atoms with van der Waals surface area (Å²) in [6, 6.07) is 5.61. The van der Waals surface area contributed by atoms with E-state index in [1.165, 1.54) is 11.3 Å². The first-order valence-electron chi connectivity index (χ1n) is 6.56. The third kappa shape index (κ3) is 2.63. The molecule has 2 aromatic heterocycles. The average Bonchev–Trinajstić information content (AvgIpc) is 3.03. The van der Waals surface area contributed by atoms with Crippen molar-refractivity contribution in [3.05, 3.63) is 58.9 Å². The lowest BCUT2D eigenvalue weighted by Gasteiger charge is -2.01. The first-order valence-corrected chi connectivity index (χ1v) is 7.76. The molecule has 0 N–H and O–H groups in total. The maximum absolute atomic E-state index is 12.3. The molecular weight excluding hydrogens is 320 g/mol. The Morgan fingerprint density at radius 2 is 2.36 bits per heavy atom. The quantitative estimate of drug-likeness (QED) is 0.692. The van der Waals surface area contributed by atoms with Crippen molar-refractivity contribution in [3.63, 3.8) is 0 Å². The second-order valence-electron chi connectivity index (χ2n) is 4.67. The fraction of sp³-hybridized carbons (Fsp3) is 0.133. The molecule has 0 aliphatic rings. The molecule has 0 unspecified atom stereocenters. The Balaban J connectivity index is 2.19. The summed E-state index contributed by atoms with van der Waals surface area (Å²) in [4.78, 5) is 21.1. The van der Waals surface area contributed by atoms with E-state index in [0.29, 0.717) is 22.2 Å². The van der Waals surface area contributed by atoms with E-state index in [1.807, 2.05) is 22.8 Å². The Morgan fingerprint density at radius 3 is 3.05 bits per heavy atom. The molecule has 1 aromatic carbocycles. The lowest BCUT2D eigenvalue weighted by molar-refractivity contribution is 0.0985. The molecule has 22 heavy (non-hydrogen) atoms. The zero-order valence-electron chi connectivity index (χ0n) is 11.9. The number of hydrogen-bond acceptors (Lipinski definition) is 3. The number of imidazole rings is 1. The second-order valence-corrected chi connectivity index (χ2v) is 6.12. The van der Waals surface area contributed by atoms with Crippen LogP contribution in [0.2, 0.25) is 5.02 Å². The van der Waals surface area contributed by atoms with E-state index < -0.39 is 0 Å². The lowest BCUT2D eigenvalue weighted by Crippen LogP contribution is -2.17. The average molecular weight is 333 g/mol. The van der Waals surface area contributed by atoms with Crippen molar-refractivity contribution in [2.24, 2.45) is 12.0 Å². The van der Waals surface area contributed by atoms with Crippen LogP contribution in [0.4, 0.5) is 0 Å². The van der Waals surface area contributed by atoms with Crippen LogP contribution in [0.5, 0.6) is 0 Å². The van der Waals surface area contributed by atoms with Crippen LogP contribution in [-0.4, -0.2) is 20.0 Å². The highest BCUT2D eigenvalue weighted by Crippen LogP contribution is 2.22. The van der Waals surface area contributed by atoms with Crippen LogP contribution in [-0.2, 0) is 13.6 Å². The standard InChI is InChI=1S/C15H13ClN4OS/c1-3-7-20-11-5-4-10(16)9-12(11)22-15(20)18-14(21)13-17-6-8-19(13)2/h3-6,8-9H,1,7H2,2H3. The van der Waals surface area contributed by atoms with Gasteiger partial charge in [-0.2, -0.15) is 4.99 Å². The summed E-state index contributed by atoms with van der Waals surface area (Å²) in [5, 5.41) is 0.654. The van der Waals surface area contributed by atoms with Gasteiger partial charge in [-0.25, -0.2) is 4.98 Å². The molecule has 7 heteroatoms. The molecule has 0 spiro atoms. The Hall–Kier alpha value is -2.18. The zero-order valence-corrected chi connectivity index (χ0v) is 13.4. The summed E-state index contributed by atoms with van der Waals surface area (Å²) in [5.74, 6) is -0.0661. The number of nitrogens with zero attached hydrogens (tertiary/aromatic N) is 4. The number of amides is 1. The summed E-state index contributed by atoms with van der Waals surface area (Å²) in [6.45, 7) is 4.32. The predicted molar refractivity (Wildman–Crippen MR) is 88.1 cm³/mol. The summed E-state index contributed by atoms with van der Waals surface area (Å²) >= 11 is 7.45.